The molecule has 8 heteroatoms. The van der Waals surface area contributed by atoms with Gasteiger partial charge in [-0.25, -0.2) is 4.98 Å². The molecule has 0 spiro atoms. The van der Waals surface area contributed by atoms with E-state index in [2.05, 4.69) is 20.6 Å². The third-order valence-corrected chi connectivity index (χ3v) is 6.26. The molecule has 0 fully saturated rings. The lowest BCUT2D eigenvalue weighted by Crippen LogP contribution is -2.22. The van der Waals surface area contributed by atoms with Crippen molar-refractivity contribution in [2.75, 3.05) is 5.32 Å². The van der Waals surface area contributed by atoms with Crippen molar-refractivity contribution >= 4 is 28.8 Å². The lowest BCUT2D eigenvalue weighted by Gasteiger charge is -2.09. The lowest BCUT2D eigenvalue weighted by molar-refractivity contribution is 0.0954. The fourth-order valence-corrected chi connectivity index (χ4v) is 4.47. The molecule has 0 unspecified atom stereocenters. The summed E-state index contributed by atoms with van der Waals surface area (Å²) < 4.78 is 5.49. The molecule has 0 aliphatic heterocycles. The summed E-state index contributed by atoms with van der Waals surface area (Å²) in [5, 5.41) is 6.48. The first-order chi connectivity index (χ1) is 17.2. The van der Waals surface area contributed by atoms with Gasteiger partial charge in [-0.1, -0.05) is 42.5 Å². The molecule has 0 bridgehead atoms. The maximum Gasteiger partial charge on any atom is 0.263 e. The van der Waals surface area contributed by atoms with Crippen LogP contribution >= 0.6 is 11.3 Å². The van der Waals surface area contributed by atoms with E-state index in [1.807, 2.05) is 54.6 Å². The highest BCUT2D eigenvalue weighted by Crippen LogP contribution is 2.34. The van der Waals surface area contributed by atoms with Crippen LogP contribution in [0.3, 0.4) is 0 Å². The number of nitrogens with one attached hydrogen (secondary N) is 2. The van der Waals surface area contributed by atoms with Gasteiger partial charge in [-0.3, -0.25) is 14.6 Å². The summed E-state index contributed by atoms with van der Waals surface area (Å²) in [5.74, 6) is 0.158. The molecule has 3 heterocycles. The lowest BCUT2D eigenvalue weighted by atomic mass is 10.1. The molecule has 2 aromatic carbocycles. The van der Waals surface area contributed by atoms with Gasteiger partial charge in [0.1, 0.15) is 4.88 Å². The van der Waals surface area contributed by atoms with Gasteiger partial charge >= 0.3 is 0 Å². The van der Waals surface area contributed by atoms with Crippen LogP contribution in [0.2, 0.25) is 0 Å². The summed E-state index contributed by atoms with van der Waals surface area (Å²) in [7, 11) is 0. The van der Waals surface area contributed by atoms with Crippen molar-refractivity contribution in [3.8, 4) is 22.0 Å². The molecule has 35 heavy (non-hydrogen) atoms. The van der Waals surface area contributed by atoms with E-state index >= 15 is 0 Å². The van der Waals surface area contributed by atoms with Crippen LogP contribution in [0.4, 0.5) is 5.69 Å². The molecule has 0 saturated carbocycles. The zero-order chi connectivity index (χ0) is 24.0. The van der Waals surface area contributed by atoms with E-state index in [4.69, 9.17) is 4.42 Å². The van der Waals surface area contributed by atoms with Gasteiger partial charge in [-0.15, -0.1) is 11.3 Å². The van der Waals surface area contributed by atoms with Crippen LogP contribution < -0.4 is 10.6 Å². The maximum atomic E-state index is 13.2. The van der Waals surface area contributed by atoms with Crippen molar-refractivity contribution in [2.24, 2.45) is 0 Å². The Bertz CT molecular complexity index is 1450. The molecule has 0 radical (unpaired) electrons. The molecule has 5 aromatic rings. The summed E-state index contributed by atoms with van der Waals surface area (Å²) in [5.41, 5.74) is 3.47. The summed E-state index contributed by atoms with van der Waals surface area (Å²) in [6.07, 6.45) is 4.72. The minimum Gasteiger partial charge on any atom is -0.462 e. The van der Waals surface area contributed by atoms with Gasteiger partial charge in [0.2, 0.25) is 0 Å². The second kappa shape index (κ2) is 10.1. The molecule has 0 aliphatic carbocycles. The van der Waals surface area contributed by atoms with E-state index in [9.17, 15) is 9.59 Å². The predicted molar refractivity (Wildman–Crippen MR) is 135 cm³/mol. The summed E-state index contributed by atoms with van der Waals surface area (Å²) in [4.78, 5) is 34.7. The Balaban J connectivity index is 1.32. The first kappa shape index (κ1) is 22.2. The number of thiazole rings is 1. The highest BCUT2D eigenvalue weighted by molar-refractivity contribution is 7.17. The molecule has 5 rings (SSSR count). The number of carbonyl (C=O) groups is 2. The van der Waals surface area contributed by atoms with E-state index in [0.717, 1.165) is 11.1 Å². The highest BCUT2D eigenvalue weighted by atomic mass is 32.1. The average molecular weight is 481 g/mol. The van der Waals surface area contributed by atoms with Crippen molar-refractivity contribution in [3.05, 3.63) is 114 Å². The number of hydrogen-bond acceptors (Lipinski definition) is 6. The molecular weight excluding hydrogens is 460 g/mol. The molecule has 0 aliphatic rings. The van der Waals surface area contributed by atoms with E-state index in [1.165, 1.54) is 11.3 Å². The molecule has 3 aromatic heterocycles. The zero-order valence-electron chi connectivity index (χ0n) is 18.5. The van der Waals surface area contributed by atoms with Gasteiger partial charge in [0.25, 0.3) is 11.8 Å². The fraction of sp³-hybridized carbons (Fsp3) is 0.0370. The van der Waals surface area contributed by atoms with E-state index in [-0.39, 0.29) is 11.8 Å². The number of aromatic nitrogens is 2. The zero-order valence-corrected chi connectivity index (χ0v) is 19.3. The summed E-state index contributed by atoms with van der Waals surface area (Å²) in [6, 6.07) is 23.9. The SMILES string of the molecule is O=C(Nc1cccc(CNC(=O)c2sc(-c3ccco3)nc2-c2ccccc2)c1)c1ccncc1. The number of amides is 2. The van der Waals surface area contributed by atoms with Crippen LogP contribution in [0, 0.1) is 0 Å². The highest BCUT2D eigenvalue weighted by Gasteiger charge is 2.21. The van der Waals surface area contributed by atoms with Gasteiger partial charge < -0.3 is 15.1 Å². The molecule has 7 nitrogen and oxygen atoms in total. The second-order valence-electron chi connectivity index (χ2n) is 7.61. The molecular formula is C27H20N4O3S. The molecule has 0 saturated heterocycles. The topological polar surface area (TPSA) is 97.1 Å². The van der Waals surface area contributed by atoms with Gasteiger partial charge in [-0.05, 0) is 42.0 Å². The fourth-order valence-electron chi connectivity index (χ4n) is 3.50. The van der Waals surface area contributed by atoms with Gasteiger partial charge in [0, 0.05) is 35.8 Å². The third-order valence-electron chi connectivity index (χ3n) is 5.19. The number of furan rings is 1. The van der Waals surface area contributed by atoms with Crippen molar-refractivity contribution in [2.45, 2.75) is 6.54 Å². The van der Waals surface area contributed by atoms with Crippen LogP contribution in [0.1, 0.15) is 25.6 Å². The van der Waals surface area contributed by atoms with Gasteiger partial charge in [0.15, 0.2) is 10.8 Å². The van der Waals surface area contributed by atoms with Crippen LogP contribution in [-0.2, 0) is 6.54 Å². The van der Waals surface area contributed by atoms with Gasteiger partial charge in [-0.2, -0.15) is 0 Å². The summed E-state index contributed by atoms with van der Waals surface area (Å²) in [6.45, 7) is 0.292. The standard InChI is InChI=1S/C27H20N4O3S/c32-25(20-11-13-28-14-12-20)30-21-9-4-6-18(16-21)17-29-26(33)24-23(19-7-2-1-3-8-19)31-27(35-24)22-10-5-15-34-22/h1-16H,17H2,(H,29,33)(H,30,32). The van der Waals surface area contributed by atoms with Crippen LogP contribution in [0.15, 0.2) is 102 Å². The van der Waals surface area contributed by atoms with Gasteiger partial charge in [0.05, 0.1) is 12.0 Å². The monoisotopic (exact) mass is 480 g/mol. The van der Waals surface area contributed by atoms with Crippen molar-refractivity contribution < 1.29 is 14.0 Å². The Labute approximate surface area is 205 Å². The van der Waals surface area contributed by atoms with Crippen LogP contribution in [0.5, 0.6) is 0 Å². The molecule has 2 N–H and O–H groups in total. The Morgan fingerprint density at radius 2 is 1.71 bits per heavy atom. The first-order valence-corrected chi connectivity index (χ1v) is 11.7. The largest absolute Gasteiger partial charge is 0.462 e. The predicted octanol–water partition coefficient (Wildman–Crippen LogP) is 5.65. The number of pyridine rings is 1. The Hall–Kier alpha value is -4.56. The maximum absolute atomic E-state index is 13.2. The minimum absolute atomic E-state index is 0.226. The minimum atomic E-state index is -0.231. The Morgan fingerprint density at radius 1 is 0.886 bits per heavy atom. The van der Waals surface area contributed by atoms with Crippen LogP contribution in [-0.4, -0.2) is 21.8 Å². The van der Waals surface area contributed by atoms with Crippen molar-refractivity contribution in [1.82, 2.24) is 15.3 Å². The van der Waals surface area contributed by atoms with E-state index in [0.29, 0.717) is 39.1 Å². The second-order valence-corrected chi connectivity index (χ2v) is 8.61. The number of hydrogen-bond donors (Lipinski definition) is 2. The van der Waals surface area contributed by atoms with Crippen LogP contribution in [0.25, 0.3) is 22.0 Å². The average Bonchev–Trinajstić information content (AvgIpc) is 3.59. The Kier molecular flexibility index (Phi) is 6.45. The third kappa shape index (κ3) is 5.18. The number of rotatable bonds is 7. The molecule has 2 amide bonds. The summed E-state index contributed by atoms with van der Waals surface area (Å²) >= 11 is 1.29. The quantitative estimate of drug-likeness (QED) is 0.314. The number of benzene rings is 2. The number of carbonyl (C=O) groups excluding carboxylic acids is 2. The van der Waals surface area contributed by atoms with Crippen molar-refractivity contribution in [1.29, 1.82) is 0 Å². The van der Waals surface area contributed by atoms with E-state index < -0.39 is 0 Å². The normalized spacial score (nSPS) is 10.6. The number of nitrogens with zero attached hydrogens (tertiary/aromatic N) is 2. The first-order valence-electron chi connectivity index (χ1n) is 10.9. The Morgan fingerprint density at radius 3 is 2.49 bits per heavy atom. The molecule has 0 atom stereocenters. The smallest absolute Gasteiger partial charge is 0.263 e. The number of anilines is 1. The van der Waals surface area contributed by atoms with Crippen molar-refractivity contribution in [3.63, 3.8) is 0 Å². The molecule has 172 valence electrons. The van der Waals surface area contributed by atoms with E-state index in [1.54, 1.807) is 42.9 Å².